The van der Waals surface area contributed by atoms with E-state index in [1.54, 1.807) is 0 Å². The molecule has 0 bridgehead atoms. The lowest BCUT2D eigenvalue weighted by molar-refractivity contribution is -0.156. The van der Waals surface area contributed by atoms with Crippen LogP contribution >= 0.6 is 0 Å². The Bertz CT molecular complexity index is 466. The van der Waals surface area contributed by atoms with E-state index in [-0.39, 0.29) is 36.2 Å². The molecule has 0 spiro atoms. The first kappa shape index (κ1) is 17.7. The van der Waals surface area contributed by atoms with Gasteiger partial charge in [0.15, 0.2) is 0 Å². The molecule has 3 aliphatic rings. The summed E-state index contributed by atoms with van der Waals surface area (Å²) in [7, 11) is 0. The maximum atomic E-state index is 12.9. The number of carbonyl (C=O) groups is 2. The van der Waals surface area contributed by atoms with Gasteiger partial charge in [0.25, 0.3) is 0 Å². The lowest BCUT2D eigenvalue weighted by atomic mass is 9.90. The minimum absolute atomic E-state index is 0.113. The summed E-state index contributed by atoms with van der Waals surface area (Å²) in [6.07, 6.45) is 6.28. The Morgan fingerprint density at radius 1 is 1.12 bits per heavy atom. The van der Waals surface area contributed by atoms with Gasteiger partial charge in [-0.2, -0.15) is 0 Å². The molecule has 3 fully saturated rings. The molecule has 3 atom stereocenters. The van der Waals surface area contributed by atoms with Crippen LogP contribution in [0, 0.1) is 0 Å². The van der Waals surface area contributed by atoms with Crippen molar-refractivity contribution in [2.45, 2.75) is 76.7 Å². The van der Waals surface area contributed by atoms with Gasteiger partial charge in [0, 0.05) is 6.54 Å². The van der Waals surface area contributed by atoms with Crippen molar-refractivity contribution in [3.8, 4) is 0 Å². The maximum Gasteiger partial charge on any atom is 0.323 e. The molecule has 1 amide bonds. The Morgan fingerprint density at radius 2 is 1.92 bits per heavy atom. The molecule has 2 saturated heterocycles. The zero-order valence-electron chi connectivity index (χ0n) is 14.9. The van der Waals surface area contributed by atoms with E-state index in [0.717, 1.165) is 32.2 Å². The van der Waals surface area contributed by atoms with Crippen LogP contribution in [0.3, 0.4) is 0 Å². The average molecular weight is 338 g/mol. The minimum atomic E-state index is -0.264. The second-order valence-electron chi connectivity index (χ2n) is 7.46. The zero-order chi connectivity index (χ0) is 17.1. The summed E-state index contributed by atoms with van der Waals surface area (Å²) in [5.41, 5.74) is 0. The molecular formula is C18H30N2O4. The van der Waals surface area contributed by atoms with Crippen LogP contribution in [0.1, 0.15) is 52.4 Å². The highest BCUT2D eigenvalue weighted by molar-refractivity contribution is 5.81. The Morgan fingerprint density at radius 3 is 2.71 bits per heavy atom. The highest BCUT2D eigenvalue weighted by Crippen LogP contribution is 2.29. The molecule has 0 N–H and O–H groups in total. The Labute approximate surface area is 144 Å². The van der Waals surface area contributed by atoms with E-state index in [1.807, 2.05) is 23.6 Å². The van der Waals surface area contributed by atoms with Crippen molar-refractivity contribution in [2.24, 2.45) is 0 Å². The monoisotopic (exact) mass is 338 g/mol. The summed E-state index contributed by atoms with van der Waals surface area (Å²) in [6, 6.07) is -0.0387. The zero-order valence-corrected chi connectivity index (χ0v) is 14.9. The summed E-state index contributed by atoms with van der Waals surface area (Å²) in [6.45, 7) is 6.14. The summed E-state index contributed by atoms with van der Waals surface area (Å²) >= 11 is 0. The molecule has 2 aliphatic heterocycles. The third-order valence-electron chi connectivity index (χ3n) is 5.38. The lowest BCUT2D eigenvalue weighted by Crippen LogP contribution is -2.57. The second-order valence-corrected chi connectivity index (χ2v) is 7.46. The van der Waals surface area contributed by atoms with Crippen molar-refractivity contribution in [3.05, 3.63) is 0 Å². The fourth-order valence-electron chi connectivity index (χ4n) is 4.26. The highest BCUT2D eigenvalue weighted by Gasteiger charge is 2.39. The van der Waals surface area contributed by atoms with E-state index in [0.29, 0.717) is 19.7 Å². The van der Waals surface area contributed by atoms with Crippen molar-refractivity contribution in [1.82, 2.24) is 9.80 Å². The number of hydrogen-bond donors (Lipinski definition) is 0. The molecule has 0 aromatic heterocycles. The first-order valence-electron chi connectivity index (χ1n) is 9.42. The van der Waals surface area contributed by atoms with Gasteiger partial charge in [0.1, 0.15) is 6.04 Å². The number of likely N-dealkylation sites (tertiary alicyclic amines) is 1. The van der Waals surface area contributed by atoms with Gasteiger partial charge >= 0.3 is 5.97 Å². The largest absolute Gasteiger partial charge is 0.462 e. The van der Waals surface area contributed by atoms with E-state index >= 15 is 0 Å². The van der Waals surface area contributed by atoms with Crippen molar-refractivity contribution in [1.29, 1.82) is 0 Å². The number of fused-ring (bicyclic) bond motifs is 1. The fraction of sp³-hybridized carbons (Fsp3) is 0.889. The van der Waals surface area contributed by atoms with E-state index in [9.17, 15) is 9.59 Å². The molecule has 3 rings (SSSR count). The van der Waals surface area contributed by atoms with Gasteiger partial charge in [0.05, 0.1) is 31.4 Å². The van der Waals surface area contributed by atoms with Crippen molar-refractivity contribution < 1.29 is 19.1 Å². The fourth-order valence-corrected chi connectivity index (χ4v) is 4.26. The van der Waals surface area contributed by atoms with Crippen LogP contribution in [0.25, 0.3) is 0 Å². The van der Waals surface area contributed by atoms with Gasteiger partial charge in [-0.1, -0.05) is 12.8 Å². The molecule has 6 nitrogen and oxygen atoms in total. The number of morpholine rings is 1. The Hall–Kier alpha value is -1.14. The highest BCUT2D eigenvalue weighted by atomic mass is 16.5. The number of amides is 1. The average Bonchev–Trinajstić information content (AvgIpc) is 3.02. The minimum Gasteiger partial charge on any atom is -0.462 e. The maximum absolute atomic E-state index is 12.9. The van der Waals surface area contributed by atoms with Crippen LogP contribution in [0.4, 0.5) is 0 Å². The Kier molecular flexibility index (Phi) is 5.76. The molecule has 136 valence electrons. The van der Waals surface area contributed by atoms with Crippen molar-refractivity contribution >= 4 is 11.9 Å². The molecule has 1 aliphatic carbocycles. The number of rotatable bonds is 4. The number of carbonyl (C=O) groups excluding carboxylic acids is 2. The number of esters is 1. The quantitative estimate of drug-likeness (QED) is 0.728. The van der Waals surface area contributed by atoms with Gasteiger partial charge in [-0.15, -0.1) is 0 Å². The molecule has 24 heavy (non-hydrogen) atoms. The molecule has 0 unspecified atom stereocenters. The molecule has 0 aromatic carbocycles. The SMILES string of the molecule is CC(C)OC(=O)[C@@H]1CCCN1CC(=O)N1CCO[C@H]2CCCC[C@H]21. The Balaban J connectivity index is 1.59. The predicted octanol–water partition coefficient (Wildman–Crippen LogP) is 1.57. The second kappa shape index (κ2) is 7.83. The number of nitrogens with zero attached hydrogens (tertiary/aromatic N) is 2. The van der Waals surface area contributed by atoms with E-state index < -0.39 is 0 Å². The molecule has 0 aromatic rings. The standard InChI is InChI=1S/C18H30N2O4/c1-13(2)24-18(22)15-7-5-9-19(15)12-17(21)20-10-11-23-16-8-4-3-6-14(16)20/h13-16H,3-12H2,1-2H3/t14-,15+,16+/m1/s1. The first-order chi connectivity index (χ1) is 11.6. The van der Waals surface area contributed by atoms with Gasteiger partial charge < -0.3 is 14.4 Å². The van der Waals surface area contributed by atoms with Crippen LogP contribution in [0.5, 0.6) is 0 Å². The van der Waals surface area contributed by atoms with Crippen molar-refractivity contribution in [3.63, 3.8) is 0 Å². The molecule has 1 saturated carbocycles. The molecule has 0 radical (unpaired) electrons. The van der Waals surface area contributed by atoms with Gasteiger partial charge in [-0.25, -0.2) is 0 Å². The van der Waals surface area contributed by atoms with Gasteiger partial charge in [-0.3, -0.25) is 14.5 Å². The van der Waals surface area contributed by atoms with Crippen LogP contribution in [-0.2, 0) is 19.1 Å². The van der Waals surface area contributed by atoms with Crippen LogP contribution in [0.2, 0.25) is 0 Å². The summed E-state index contributed by atoms with van der Waals surface area (Å²) in [5.74, 6) is -0.0488. The number of ether oxygens (including phenoxy) is 2. The number of hydrogen-bond acceptors (Lipinski definition) is 5. The van der Waals surface area contributed by atoms with Crippen LogP contribution in [-0.4, -0.2) is 72.2 Å². The summed E-state index contributed by atoms with van der Waals surface area (Å²) < 4.78 is 11.2. The van der Waals surface area contributed by atoms with Crippen LogP contribution < -0.4 is 0 Å². The van der Waals surface area contributed by atoms with E-state index in [4.69, 9.17) is 9.47 Å². The smallest absolute Gasteiger partial charge is 0.323 e. The third-order valence-corrected chi connectivity index (χ3v) is 5.38. The van der Waals surface area contributed by atoms with E-state index in [1.165, 1.54) is 12.8 Å². The summed E-state index contributed by atoms with van der Waals surface area (Å²) in [4.78, 5) is 29.1. The first-order valence-corrected chi connectivity index (χ1v) is 9.42. The molecule has 6 heteroatoms. The molecule has 2 heterocycles. The third kappa shape index (κ3) is 3.91. The summed E-state index contributed by atoms with van der Waals surface area (Å²) in [5, 5.41) is 0. The lowest BCUT2D eigenvalue weighted by Gasteiger charge is -2.44. The van der Waals surface area contributed by atoms with Crippen molar-refractivity contribution in [2.75, 3.05) is 26.2 Å². The normalized spacial score (nSPS) is 31.1. The topological polar surface area (TPSA) is 59.1 Å². The predicted molar refractivity (Wildman–Crippen MR) is 89.5 cm³/mol. The van der Waals surface area contributed by atoms with Crippen LogP contribution in [0.15, 0.2) is 0 Å². The molecular weight excluding hydrogens is 308 g/mol. The van der Waals surface area contributed by atoms with E-state index in [2.05, 4.69) is 0 Å². The van der Waals surface area contributed by atoms with Gasteiger partial charge in [0.2, 0.25) is 5.91 Å². The van der Waals surface area contributed by atoms with Gasteiger partial charge in [-0.05, 0) is 46.1 Å².